The number of carbonyl (C=O) groups is 1. The van der Waals surface area contributed by atoms with E-state index in [4.69, 9.17) is 5.11 Å². The Balaban J connectivity index is 1.93. The fraction of sp³-hybridized carbons (Fsp3) is 0.368. The molecule has 11 heteroatoms. The molecule has 3 aromatic rings. The molecule has 3 heterocycles. The number of aromatic amines is 1. The molecule has 0 aromatic carbocycles. The van der Waals surface area contributed by atoms with Gasteiger partial charge in [-0.2, -0.15) is 0 Å². The predicted octanol–water partition coefficient (Wildman–Crippen LogP) is 2.96. The highest BCUT2D eigenvalue weighted by molar-refractivity contribution is 7.92. The van der Waals surface area contributed by atoms with Gasteiger partial charge in [-0.3, -0.25) is 0 Å². The van der Waals surface area contributed by atoms with E-state index in [-0.39, 0.29) is 17.4 Å². The summed E-state index contributed by atoms with van der Waals surface area (Å²) in [6.45, 7) is 5.57. The maximum atomic E-state index is 14.4. The predicted molar refractivity (Wildman–Crippen MR) is 109 cm³/mol. The van der Waals surface area contributed by atoms with Crippen LogP contribution in [0.25, 0.3) is 22.4 Å². The molecule has 0 amide bonds. The smallest absolute Gasteiger partial charge is 0.353 e. The van der Waals surface area contributed by atoms with E-state index >= 15 is 0 Å². The normalized spacial score (nSPS) is 13.9. The van der Waals surface area contributed by atoms with Crippen molar-refractivity contribution in [1.29, 1.82) is 0 Å². The number of halogens is 2. The van der Waals surface area contributed by atoms with Gasteiger partial charge in [0.05, 0.1) is 18.4 Å². The first-order chi connectivity index (χ1) is 14.0. The zero-order valence-corrected chi connectivity index (χ0v) is 17.4. The molecule has 0 aliphatic rings. The Kier molecular flexibility index (Phi) is 6.22. The fourth-order valence-electron chi connectivity index (χ4n) is 2.82. The second-order valence-electron chi connectivity index (χ2n) is 7.85. The van der Waals surface area contributed by atoms with Crippen LogP contribution in [-0.4, -0.2) is 53.1 Å². The Bertz CT molecular complexity index is 1070. The van der Waals surface area contributed by atoms with Crippen molar-refractivity contribution in [1.82, 2.24) is 19.9 Å². The second-order valence-corrected chi connectivity index (χ2v) is 9.35. The van der Waals surface area contributed by atoms with Gasteiger partial charge in [0.1, 0.15) is 17.2 Å². The molecule has 3 aromatic heterocycles. The van der Waals surface area contributed by atoms with Gasteiger partial charge in [0.15, 0.2) is 17.5 Å². The minimum Gasteiger partial charge on any atom is -0.616 e. The van der Waals surface area contributed by atoms with Gasteiger partial charge in [-0.25, -0.2) is 28.5 Å². The molecule has 0 radical (unpaired) electrons. The first-order valence-electron chi connectivity index (χ1n) is 9.03. The molecule has 0 fully saturated rings. The molecule has 0 saturated carbocycles. The molecule has 0 aliphatic carbocycles. The van der Waals surface area contributed by atoms with Gasteiger partial charge in [0.2, 0.25) is 5.75 Å². The number of aliphatic carboxylic acids is 1. The number of hydrogen-bond donors (Lipinski definition) is 3. The van der Waals surface area contributed by atoms with E-state index in [1.807, 2.05) is 20.8 Å². The number of carboxylic acids is 1. The summed E-state index contributed by atoms with van der Waals surface area (Å²) in [5.74, 6) is -2.89. The fourth-order valence-corrected chi connectivity index (χ4v) is 4.17. The molecule has 3 rings (SSSR count). The number of nitrogens with zero attached hydrogens (tertiary/aromatic N) is 3. The van der Waals surface area contributed by atoms with Crippen LogP contribution in [0.5, 0.6) is 0 Å². The van der Waals surface area contributed by atoms with Gasteiger partial charge >= 0.3 is 5.97 Å². The van der Waals surface area contributed by atoms with Crippen molar-refractivity contribution in [2.45, 2.75) is 26.8 Å². The van der Waals surface area contributed by atoms with Crippen LogP contribution in [0, 0.1) is 17.0 Å². The minimum atomic E-state index is -1.65. The van der Waals surface area contributed by atoms with Gasteiger partial charge < -0.3 is 20.0 Å². The van der Waals surface area contributed by atoms with E-state index in [2.05, 4.69) is 25.3 Å². The Hall–Kier alpha value is -2.79. The van der Waals surface area contributed by atoms with Crippen molar-refractivity contribution in [2.24, 2.45) is 5.41 Å². The van der Waals surface area contributed by atoms with Crippen LogP contribution in [0.15, 0.2) is 24.7 Å². The highest BCUT2D eigenvalue weighted by Crippen LogP contribution is 2.29. The zero-order chi connectivity index (χ0) is 22.1. The summed E-state index contributed by atoms with van der Waals surface area (Å²) >= 11 is -1.65. The Morgan fingerprint density at radius 3 is 2.73 bits per heavy atom. The summed E-state index contributed by atoms with van der Waals surface area (Å²) in [5.41, 5.74) is 0.409. The van der Waals surface area contributed by atoms with Crippen molar-refractivity contribution in [3.8, 4) is 11.4 Å². The highest BCUT2D eigenvalue weighted by Gasteiger charge is 2.31. The number of hydrogen-bond acceptors (Lipinski definition) is 6. The van der Waals surface area contributed by atoms with E-state index in [1.165, 1.54) is 6.07 Å². The van der Waals surface area contributed by atoms with Gasteiger partial charge in [-0.15, -0.1) is 0 Å². The Morgan fingerprint density at radius 1 is 1.33 bits per heavy atom. The van der Waals surface area contributed by atoms with Crippen LogP contribution < -0.4 is 5.32 Å². The van der Waals surface area contributed by atoms with Crippen molar-refractivity contribution in [3.63, 3.8) is 0 Å². The van der Waals surface area contributed by atoms with Crippen molar-refractivity contribution in [3.05, 3.63) is 36.3 Å². The summed E-state index contributed by atoms with van der Waals surface area (Å²) in [7, 11) is 0. The van der Waals surface area contributed by atoms with Gasteiger partial charge in [0, 0.05) is 17.1 Å². The monoisotopic (exact) mass is 437 g/mol. The Morgan fingerprint density at radius 2 is 2.07 bits per heavy atom. The third kappa shape index (κ3) is 5.03. The van der Waals surface area contributed by atoms with Crippen LogP contribution in [0.2, 0.25) is 0 Å². The average Bonchev–Trinajstić information content (AvgIpc) is 3.04. The first-order valence-corrected chi connectivity index (χ1v) is 10.5. The van der Waals surface area contributed by atoms with Crippen LogP contribution >= 0.6 is 0 Å². The van der Waals surface area contributed by atoms with Crippen molar-refractivity contribution >= 4 is 34.0 Å². The van der Waals surface area contributed by atoms with E-state index in [0.717, 1.165) is 12.4 Å². The summed E-state index contributed by atoms with van der Waals surface area (Å²) in [5, 5.41) is 12.2. The average molecular weight is 437 g/mol. The maximum absolute atomic E-state index is 14.4. The molecule has 8 nitrogen and oxygen atoms in total. The third-order valence-corrected chi connectivity index (χ3v) is 5.75. The highest BCUT2D eigenvalue weighted by atomic mass is 32.2. The van der Waals surface area contributed by atoms with E-state index in [1.54, 1.807) is 6.20 Å². The largest absolute Gasteiger partial charge is 0.616 e. The van der Waals surface area contributed by atoms with Gasteiger partial charge in [-0.05, 0) is 22.7 Å². The molecule has 2 atom stereocenters. The summed E-state index contributed by atoms with van der Waals surface area (Å²) < 4.78 is 40.2. The maximum Gasteiger partial charge on any atom is 0.353 e. The second kappa shape index (κ2) is 8.52. The number of H-pyrrole nitrogens is 1. The topological polar surface area (TPSA) is 127 Å². The molecule has 0 saturated heterocycles. The van der Waals surface area contributed by atoms with Gasteiger partial charge in [0.25, 0.3) is 0 Å². The number of pyridine rings is 1. The number of rotatable bonds is 7. The van der Waals surface area contributed by atoms with Crippen LogP contribution in [0.4, 0.5) is 14.6 Å². The van der Waals surface area contributed by atoms with Crippen molar-refractivity contribution < 1.29 is 23.2 Å². The van der Waals surface area contributed by atoms with Crippen molar-refractivity contribution in [2.75, 3.05) is 16.8 Å². The summed E-state index contributed by atoms with van der Waals surface area (Å²) in [6.07, 6.45) is 3.62. The molecule has 1 unspecified atom stereocenters. The molecule has 30 heavy (non-hydrogen) atoms. The number of anilines is 1. The molecule has 3 N–H and O–H groups in total. The SMILES string of the molecule is CC(C)(C)C(C[S@+]([O-])CC(=O)O)Nc1nc(-c2c[nH]c3ncc(F)cc23)ncc1F. The third-order valence-electron chi connectivity index (χ3n) is 4.48. The molecular weight excluding hydrogens is 416 g/mol. The molecular formula is C19H21F2N5O3S. The van der Waals surface area contributed by atoms with E-state index < -0.39 is 46.0 Å². The molecule has 0 bridgehead atoms. The van der Waals surface area contributed by atoms with Crippen LogP contribution in [0.3, 0.4) is 0 Å². The quantitative estimate of drug-likeness (QED) is 0.485. The lowest BCUT2D eigenvalue weighted by Gasteiger charge is -2.31. The molecule has 0 spiro atoms. The minimum absolute atomic E-state index is 0.00318. The number of nitrogens with one attached hydrogen (secondary N) is 2. The van der Waals surface area contributed by atoms with Gasteiger partial charge in [-0.1, -0.05) is 20.8 Å². The number of aromatic nitrogens is 4. The number of fused-ring (bicyclic) bond motifs is 1. The lowest BCUT2D eigenvalue weighted by molar-refractivity contribution is -0.134. The van der Waals surface area contributed by atoms with E-state index in [9.17, 15) is 18.1 Å². The van der Waals surface area contributed by atoms with Crippen LogP contribution in [0.1, 0.15) is 20.8 Å². The molecule has 160 valence electrons. The zero-order valence-electron chi connectivity index (χ0n) is 16.6. The lowest BCUT2D eigenvalue weighted by Crippen LogP contribution is -2.41. The molecule has 0 aliphatic heterocycles. The Labute approximate surface area is 174 Å². The first kappa shape index (κ1) is 21.9. The van der Waals surface area contributed by atoms with Crippen LogP contribution in [-0.2, 0) is 16.0 Å². The summed E-state index contributed by atoms with van der Waals surface area (Å²) in [6, 6.07) is 0.748. The van der Waals surface area contributed by atoms with E-state index in [0.29, 0.717) is 16.6 Å². The summed E-state index contributed by atoms with van der Waals surface area (Å²) in [4.78, 5) is 25.9. The number of carboxylic acid groups (broad SMARTS) is 1. The standard InChI is InChI=1S/C19H21F2N5O3S/c1-19(2,3)14(8-30(29)9-15(27)28)25-18-13(21)7-24-17(26-18)12-6-23-16-11(12)4-10(20)5-22-16/h4-7,14H,8-9H2,1-3H3,(H,22,23)(H,27,28)(H,24,25,26)/t14?,30-/m0/s1. The lowest BCUT2D eigenvalue weighted by atomic mass is 9.88.